The van der Waals surface area contributed by atoms with Crippen LogP contribution in [0.5, 0.6) is 0 Å². The van der Waals surface area contributed by atoms with Crippen LogP contribution in [-0.2, 0) is 15.8 Å². The van der Waals surface area contributed by atoms with Gasteiger partial charge in [-0.2, -0.15) is 0 Å². The van der Waals surface area contributed by atoms with Gasteiger partial charge in [0.1, 0.15) is 0 Å². The van der Waals surface area contributed by atoms with Gasteiger partial charge in [0.15, 0.2) is 0 Å². The number of halogens is 1. The minimum absolute atomic E-state index is 0.00368. The predicted octanol–water partition coefficient (Wildman–Crippen LogP) is 4.25. The molecule has 1 N–H and O–H groups in total. The Kier molecular flexibility index (Phi) is 7.12. The first kappa shape index (κ1) is 20.6. The Hall–Kier alpha value is -1.17. The summed E-state index contributed by atoms with van der Waals surface area (Å²) in [6, 6.07) is 7.99. The highest BCUT2D eigenvalue weighted by atomic mass is 35.5. The third kappa shape index (κ3) is 5.01. The SMILES string of the molecule is C=CCC1CCC(c2ccc(Cl)cc2)N(C(CNS(=O)CC)C2CC2)C1=O. The van der Waals surface area contributed by atoms with Gasteiger partial charge in [0.05, 0.1) is 17.0 Å². The van der Waals surface area contributed by atoms with Crippen LogP contribution in [0.1, 0.15) is 50.6 Å². The van der Waals surface area contributed by atoms with Gasteiger partial charge in [-0.1, -0.05) is 36.7 Å². The Balaban J connectivity index is 1.88. The molecule has 4 nitrogen and oxygen atoms in total. The van der Waals surface area contributed by atoms with Crippen LogP contribution in [0.15, 0.2) is 36.9 Å². The lowest BCUT2D eigenvalue weighted by Gasteiger charge is -2.44. The second-order valence-electron chi connectivity index (χ2n) is 7.50. The van der Waals surface area contributed by atoms with Crippen molar-refractivity contribution >= 4 is 28.5 Å². The van der Waals surface area contributed by atoms with Gasteiger partial charge in [0, 0.05) is 29.3 Å². The van der Waals surface area contributed by atoms with Gasteiger partial charge in [0.2, 0.25) is 5.91 Å². The Morgan fingerprint density at radius 2 is 2.00 bits per heavy atom. The molecule has 4 atom stereocenters. The molecule has 1 amide bonds. The van der Waals surface area contributed by atoms with Gasteiger partial charge < -0.3 is 4.90 Å². The number of amides is 1. The number of allylic oxidation sites excluding steroid dienone is 1. The van der Waals surface area contributed by atoms with Crippen LogP contribution < -0.4 is 4.72 Å². The maximum Gasteiger partial charge on any atom is 0.226 e. The van der Waals surface area contributed by atoms with Gasteiger partial charge >= 0.3 is 0 Å². The first-order valence-corrected chi connectivity index (χ1v) is 11.5. The fourth-order valence-corrected chi connectivity index (χ4v) is 4.75. The molecular weight excluding hydrogens is 380 g/mol. The van der Waals surface area contributed by atoms with E-state index in [1.807, 2.05) is 37.3 Å². The van der Waals surface area contributed by atoms with Gasteiger partial charge in [0.25, 0.3) is 0 Å². The third-order valence-electron chi connectivity index (χ3n) is 5.67. The van der Waals surface area contributed by atoms with Crippen molar-refractivity contribution in [3.63, 3.8) is 0 Å². The number of benzene rings is 1. The van der Waals surface area contributed by atoms with E-state index in [4.69, 9.17) is 11.6 Å². The minimum atomic E-state index is -1.04. The topological polar surface area (TPSA) is 49.4 Å². The number of carbonyl (C=O) groups excluding carboxylic acids is 1. The fourth-order valence-electron chi connectivity index (χ4n) is 4.07. The van der Waals surface area contributed by atoms with Crippen molar-refractivity contribution in [3.8, 4) is 0 Å². The summed E-state index contributed by atoms with van der Waals surface area (Å²) in [4.78, 5) is 15.5. The maximum absolute atomic E-state index is 13.4. The summed E-state index contributed by atoms with van der Waals surface area (Å²) in [5, 5.41) is 0.704. The van der Waals surface area contributed by atoms with E-state index in [1.165, 1.54) is 0 Å². The van der Waals surface area contributed by atoms with Gasteiger partial charge in [-0.25, -0.2) is 8.93 Å². The number of hydrogen-bond donors (Lipinski definition) is 1. The largest absolute Gasteiger partial charge is 0.331 e. The third-order valence-corrected chi connectivity index (χ3v) is 6.94. The molecule has 1 aliphatic heterocycles. The molecule has 4 unspecified atom stereocenters. The Bertz CT molecular complexity index is 690. The number of rotatable bonds is 9. The highest BCUT2D eigenvalue weighted by Gasteiger charge is 2.44. The second kappa shape index (κ2) is 9.35. The zero-order valence-electron chi connectivity index (χ0n) is 15.9. The van der Waals surface area contributed by atoms with Crippen LogP contribution >= 0.6 is 11.6 Å². The van der Waals surface area contributed by atoms with Crippen molar-refractivity contribution in [2.75, 3.05) is 12.3 Å². The molecule has 1 aliphatic carbocycles. The van der Waals surface area contributed by atoms with Crippen molar-refractivity contribution in [2.24, 2.45) is 11.8 Å². The van der Waals surface area contributed by atoms with Crippen LogP contribution in [0.4, 0.5) is 0 Å². The lowest BCUT2D eigenvalue weighted by atomic mass is 9.85. The summed E-state index contributed by atoms with van der Waals surface area (Å²) in [7, 11) is -1.04. The smallest absolute Gasteiger partial charge is 0.226 e. The highest BCUT2D eigenvalue weighted by molar-refractivity contribution is 7.82. The number of carbonyl (C=O) groups is 1. The van der Waals surface area contributed by atoms with Crippen LogP contribution in [0, 0.1) is 11.8 Å². The van der Waals surface area contributed by atoms with Crippen molar-refractivity contribution in [1.29, 1.82) is 0 Å². The maximum atomic E-state index is 13.4. The summed E-state index contributed by atoms with van der Waals surface area (Å²) in [6.07, 6.45) is 6.64. The van der Waals surface area contributed by atoms with Crippen molar-refractivity contribution in [1.82, 2.24) is 9.62 Å². The predicted molar refractivity (Wildman–Crippen MR) is 112 cm³/mol. The van der Waals surface area contributed by atoms with Crippen molar-refractivity contribution in [3.05, 3.63) is 47.5 Å². The second-order valence-corrected chi connectivity index (χ2v) is 9.49. The summed E-state index contributed by atoms with van der Waals surface area (Å²) in [5.74, 6) is 1.28. The first-order chi connectivity index (χ1) is 13.0. The van der Waals surface area contributed by atoms with Crippen LogP contribution in [-0.4, -0.2) is 33.4 Å². The first-order valence-electron chi connectivity index (χ1n) is 9.85. The molecule has 0 bridgehead atoms. The Labute approximate surface area is 169 Å². The minimum Gasteiger partial charge on any atom is -0.331 e. The van der Waals surface area contributed by atoms with Crippen molar-refractivity contribution in [2.45, 2.75) is 51.1 Å². The van der Waals surface area contributed by atoms with Gasteiger partial charge in [-0.3, -0.25) is 4.79 Å². The average molecular weight is 409 g/mol. The van der Waals surface area contributed by atoms with E-state index < -0.39 is 11.0 Å². The molecule has 2 fully saturated rings. The summed E-state index contributed by atoms with van der Waals surface area (Å²) in [6.45, 7) is 6.31. The standard InChI is InChI=1S/C21H29ClN2O2S/c1-3-5-17-10-13-19(15-8-11-18(22)12-9-15)24(21(17)25)20(16-6-7-16)14-23-27(26)4-2/h3,8-9,11-12,16-17,19-20,23H,1,4-7,10,13-14H2,2H3. The van der Waals surface area contributed by atoms with E-state index in [-0.39, 0.29) is 23.9 Å². The molecule has 3 rings (SSSR count). The monoisotopic (exact) mass is 408 g/mol. The molecule has 1 saturated heterocycles. The van der Waals surface area contributed by atoms with E-state index in [1.54, 1.807) is 0 Å². The van der Waals surface area contributed by atoms with Gasteiger partial charge in [-0.15, -0.1) is 6.58 Å². The van der Waals surface area contributed by atoms with E-state index in [0.717, 1.165) is 31.2 Å². The van der Waals surface area contributed by atoms with Crippen LogP contribution in [0.25, 0.3) is 0 Å². The molecule has 2 aliphatic rings. The summed E-state index contributed by atoms with van der Waals surface area (Å²) in [5.41, 5.74) is 1.13. The Morgan fingerprint density at radius 3 is 2.59 bits per heavy atom. The molecule has 1 aromatic carbocycles. The molecule has 0 aromatic heterocycles. The molecule has 1 aromatic rings. The molecule has 27 heavy (non-hydrogen) atoms. The zero-order valence-corrected chi connectivity index (χ0v) is 17.5. The number of piperidine rings is 1. The number of nitrogens with one attached hydrogen (secondary N) is 1. The molecule has 148 valence electrons. The van der Waals surface area contributed by atoms with Gasteiger partial charge in [-0.05, 0) is 55.7 Å². The Morgan fingerprint density at radius 1 is 1.30 bits per heavy atom. The lowest BCUT2D eigenvalue weighted by Crippen LogP contribution is -2.53. The summed E-state index contributed by atoms with van der Waals surface area (Å²) >= 11 is 6.07. The van der Waals surface area contributed by atoms with Crippen LogP contribution in [0.3, 0.4) is 0 Å². The number of likely N-dealkylation sites (tertiary alicyclic amines) is 1. The lowest BCUT2D eigenvalue weighted by molar-refractivity contribution is -0.145. The normalized spacial score (nSPS) is 25.3. The van der Waals surface area contributed by atoms with Crippen LogP contribution in [0.2, 0.25) is 5.02 Å². The average Bonchev–Trinajstić information content (AvgIpc) is 3.50. The van der Waals surface area contributed by atoms with E-state index in [9.17, 15) is 9.00 Å². The van der Waals surface area contributed by atoms with E-state index in [0.29, 0.717) is 29.7 Å². The molecule has 0 radical (unpaired) electrons. The molecule has 6 heteroatoms. The molecule has 1 heterocycles. The zero-order chi connectivity index (χ0) is 19.4. The molecule has 0 spiro atoms. The number of nitrogens with zero attached hydrogens (tertiary/aromatic N) is 1. The molecule has 1 saturated carbocycles. The quantitative estimate of drug-likeness (QED) is 0.621. The summed E-state index contributed by atoms with van der Waals surface area (Å²) < 4.78 is 15.1. The number of hydrogen-bond acceptors (Lipinski definition) is 2. The highest BCUT2D eigenvalue weighted by Crippen LogP contribution is 2.43. The van der Waals surface area contributed by atoms with E-state index in [2.05, 4.69) is 16.2 Å². The molecular formula is C21H29ClN2O2S. The van der Waals surface area contributed by atoms with Crippen molar-refractivity contribution < 1.29 is 9.00 Å². The fraction of sp³-hybridized carbons (Fsp3) is 0.571. The van der Waals surface area contributed by atoms with E-state index >= 15 is 0 Å².